The lowest BCUT2D eigenvalue weighted by Crippen LogP contribution is -2.04. The standard InChI is InChI=1S/C15H12BrClN2O/c16-13-6-5-12(17)9-14(13)19-10-11-3-1-2-4-15(11)20-8-7-18/h1-6,9,19H,8,10H2. The molecule has 0 radical (unpaired) electrons. The molecule has 20 heavy (non-hydrogen) atoms. The molecule has 2 aromatic carbocycles. The molecule has 2 aromatic rings. The molecule has 0 saturated heterocycles. The highest BCUT2D eigenvalue weighted by molar-refractivity contribution is 9.10. The monoisotopic (exact) mass is 350 g/mol. The number of hydrogen-bond donors (Lipinski definition) is 1. The molecule has 0 saturated carbocycles. The smallest absolute Gasteiger partial charge is 0.174 e. The molecular formula is C15H12BrClN2O. The van der Waals surface area contributed by atoms with Gasteiger partial charge in [-0.05, 0) is 40.2 Å². The lowest BCUT2D eigenvalue weighted by Gasteiger charge is -2.12. The maximum atomic E-state index is 8.58. The van der Waals surface area contributed by atoms with Gasteiger partial charge in [-0.1, -0.05) is 29.8 Å². The van der Waals surface area contributed by atoms with Crippen LogP contribution in [0.2, 0.25) is 5.02 Å². The fourth-order valence-corrected chi connectivity index (χ4v) is 2.28. The van der Waals surface area contributed by atoms with Gasteiger partial charge >= 0.3 is 0 Å². The van der Waals surface area contributed by atoms with E-state index < -0.39 is 0 Å². The third kappa shape index (κ3) is 3.89. The molecule has 0 aliphatic carbocycles. The molecule has 0 heterocycles. The highest BCUT2D eigenvalue weighted by Gasteiger charge is 2.05. The summed E-state index contributed by atoms with van der Waals surface area (Å²) >= 11 is 9.45. The van der Waals surface area contributed by atoms with Crippen molar-refractivity contribution < 1.29 is 4.74 Å². The first kappa shape index (κ1) is 14.7. The van der Waals surface area contributed by atoms with Crippen LogP contribution in [0.15, 0.2) is 46.9 Å². The van der Waals surface area contributed by atoms with Crippen molar-refractivity contribution in [3.8, 4) is 11.8 Å². The van der Waals surface area contributed by atoms with Crippen LogP contribution >= 0.6 is 27.5 Å². The first-order valence-electron chi connectivity index (χ1n) is 5.97. The minimum atomic E-state index is 0.0396. The summed E-state index contributed by atoms with van der Waals surface area (Å²) in [4.78, 5) is 0. The molecule has 0 unspecified atom stereocenters. The van der Waals surface area contributed by atoms with Crippen molar-refractivity contribution in [2.75, 3.05) is 11.9 Å². The fourth-order valence-electron chi connectivity index (χ4n) is 1.72. The van der Waals surface area contributed by atoms with Gasteiger partial charge in [0.15, 0.2) is 6.61 Å². The number of halogens is 2. The number of nitrogens with one attached hydrogen (secondary N) is 1. The average molecular weight is 352 g/mol. The number of nitrogens with zero attached hydrogens (tertiary/aromatic N) is 1. The zero-order valence-corrected chi connectivity index (χ0v) is 12.9. The van der Waals surface area contributed by atoms with Gasteiger partial charge < -0.3 is 10.1 Å². The van der Waals surface area contributed by atoms with Gasteiger partial charge in [-0.3, -0.25) is 0 Å². The van der Waals surface area contributed by atoms with Crippen molar-refractivity contribution in [1.82, 2.24) is 0 Å². The Morgan fingerprint density at radius 3 is 2.85 bits per heavy atom. The van der Waals surface area contributed by atoms with E-state index in [1.54, 1.807) is 0 Å². The molecule has 0 fully saturated rings. The fraction of sp³-hybridized carbons (Fsp3) is 0.133. The topological polar surface area (TPSA) is 45.0 Å². The Balaban J connectivity index is 2.11. The van der Waals surface area contributed by atoms with Crippen LogP contribution in [0.25, 0.3) is 0 Å². The van der Waals surface area contributed by atoms with E-state index in [2.05, 4.69) is 21.2 Å². The van der Waals surface area contributed by atoms with E-state index in [1.165, 1.54) is 0 Å². The van der Waals surface area contributed by atoms with Gasteiger partial charge in [-0.25, -0.2) is 0 Å². The molecule has 5 heteroatoms. The van der Waals surface area contributed by atoms with Gasteiger partial charge in [0.1, 0.15) is 11.8 Å². The molecule has 2 rings (SSSR count). The Labute approximate surface area is 131 Å². The molecule has 0 aliphatic heterocycles. The molecule has 0 bridgehead atoms. The number of anilines is 1. The predicted octanol–water partition coefficient (Wildman–Crippen LogP) is 4.62. The van der Waals surface area contributed by atoms with Gasteiger partial charge in [0.05, 0.1) is 5.69 Å². The molecule has 0 atom stereocenters. The maximum absolute atomic E-state index is 8.58. The molecule has 3 nitrogen and oxygen atoms in total. The van der Waals surface area contributed by atoms with Crippen molar-refractivity contribution in [1.29, 1.82) is 5.26 Å². The van der Waals surface area contributed by atoms with Crippen LogP contribution in [0.4, 0.5) is 5.69 Å². The zero-order chi connectivity index (χ0) is 14.4. The Morgan fingerprint density at radius 2 is 2.05 bits per heavy atom. The van der Waals surface area contributed by atoms with Crippen LogP contribution in [0, 0.1) is 11.3 Å². The lowest BCUT2D eigenvalue weighted by atomic mass is 10.2. The predicted molar refractivity (Wildman–Crippen MR) is 84.0 cm³/mol. The summed E-state index contributed by atoms with van der Waals surface area (Å²) in [6.07, 6.45) is 0. The van der Waals surface area contributed by atoms with Crippen LogP contribution in [0.1, 0.15) is 5.56 Å². The van der Waals surface area contributed by atoms with E-state index in [4.69, 9.17) is 21.6 Å². The molecule has 0 spiro atoms. The summed E-state index contributed by atoms with van der Waals surface area (Å²) in [5.74, 6) is 0.708. The van der Waals surface area contributed by atoms with Crippen molar-refractivity contribution >= 4 is 33.2 Å². The van der Waals surface area contributed by atoms with Crippen LogP contribution in [-0.4, -0.2) is 6.61 Å². The third-order valence-electron chi connectivity index (χ3n) is 2.66. The van der Waals surface area contributed by atoms with Gasteiger partial charge in [0, 0.05) is 21.6 Å². The average Bonchev–Trinajstić information content (AvgIpc) is 2.47. The van der Waals surface area contributed by atoms with Crippen LogP contribution in [-0.2, 0) is 6.54 Å². The molecule has 1 N–H and O–H groups in total. The molecule has 0 aliphatic rings. The summed E-state index contributed by atoms with van der Waals surface area (Å²) < 4.78 is 6.33. The third-order valence-corrected chi connectivity index (χ3v) is 3.59. The zero-order valence-electron chi connectivity index (χ0n) is 10.6. The van der Waals surface area contributed by atoms with Gasteiger partial charge in [-0.2, -0.15) is 5.26 Å². The van der Waals surface area contributed by atoms with Crippen LogP contribution < -0.4 is 10.1 Å². The Bertz CT molecular complexity index is 640. The summed E-state index contributed by atoms with van der Waals surface area (Å²) in [5, 5.41) is 12.5. The number of para-hydroxylation sites is 1. The van der Waals surface area contributed by atoms with E-state index in [-0.39, 0.29) is 6.61 Å². The first-order valence-corrected chi connectivity index (χ1v) is 7.14. The molecule has 102 valence electrons. The summed E-state index contributed by atoms with van der Waals surface area (Å²) in [7, 11) is 0. The Morgan fingerprint density at radius 1 is 1.25 bits per heavy atom. The summed E-state index contributed by atoms with van der Waals surface area (Å²) in [6.45, 7) is 0.623. The van der Waals surface area contributed by atoms with Crippen molar-refractivity contribution in [3.63, 3.8) is 0 Å². The Hall–Kier alpha value is -1.70. The molecule has 0 amide bonds. The van der Waals surface area contributed by atoms with E-state index >= 15 is 0 Å². The minimum absolute atomic E-state index is 0.0396. The van der Waals surface area contributed by atoms with Crippen molar-refractivity contribution in [2.24, 2.45) is 0 Å². The number of hydrogen-bond acceptors (Lipinski definition) is 3. The number of nitriles is 1. The van der Waals surface area contributed by atoms with Gasteiger partial charge in [0.2, 0.25) is 0 Å². The second-order valence-corrected chi connectivity index (χ2v) is 5.32. The maximum Gasteiger partial charge on any atom is 0.174 e. The van der Waals surface area contributed by atoms with E-state index in [0.717, 1.165) is 15.7 Å². The summed E-state index contributed by atoms with van der Waals surface area (Å²) in [6, 6.07) is 15.1. The SMILES string of the molecule is N#CCOc1ccccc1CNc1cc(Cl)ccc1Br. The number of rotatable bonds is 5. The Kier molecular flexibility index (Phi) is 5.28. The summed E-state index contributed by atoms with van der Waals surface area (Å²) in [5.41, 5.74) is 1.89. The van der Waals surface area contributed by atoms with E-state index in [0.29, 0.717) is 17.3 Å². The highest BCUT2D eigenvalue weighted by Crippen LogP contribution is 2.27. The number of ether oxygens (including phenoxy) is 1. The second-order valence-electron chi connectivity index (χ2n) is 4.03. The molecule has 0 aromatic heterocycles. The quantitative estimate of drug-likeness (QED) is 0.855. The molecular weight excluding hydrogens is 340 g/mol. The normalized spacial score (nSPS) is 9.85. The minimum Gasteiger partial charge on any atom is -0.478 e. The largest absolute Gasteiger partial charge is 0.478 e. The van der Waals surface area contributed by atoms with E-state index in [9.17, 15) is 0 Å². The van der Waals surface area contributed by atoms with Gasteiger partial charge in [-0.15, -0.1) is 0 Å². The van der Waals surface area contributed by atoms with Gasteiger partial charge in [0.25, 0.3) is 0 Å². The first-order chi connectivity index (χ1) is 9.70. The van der Waals surface area contributed by atoms with Crippen LogP contribution in [0.3, 0.4) is 0 Å². The second kappa shape index (κ2) is 7.18. The van der Waals surface area contributed by atoms with Crippen molar-refractivity contribution in [3.05, 3.63) is 57.5 Å². The van der Waals surface area contributed by atoms with E-state index in [1.807, 2.05) is 48.5 Å². The highest BCUT2D eigenvalue weighted by atomic mass is 79.9. The van der Waals surface area contributed by atoms with Crippen LogP contribution in [0.5, 0.6) is 5.75 Å². The van der Waals surface area contributed by atoms with Crippen molar-refractivity contribution in [2.45, 2.75) is 6.54 Å². The number of benzene rings is 2. The lowest BCUT2D eigenvalue weighted by molar-refractivity contribution is 0.364.